The van der Waals surface area contributed by atoms with Crippen LogP contribution in [-0.4, -0.2) is 47.6 Å². The smallest absolute Gasteiger partial charge is 0.311 e. The first-order valence-corrected chi connectivity index (χ1v) is 6.82. The normalized spacial score (nSPS) is 16.9. The molecule has 0 radical (unpaired) electrons. The molecule has 1 aromatic rings. The first kappa shape index (κ1) is 14.5. The molecule has 2 heterocycles. The van der Waals surface area contributed by atoms with E-state index in [1.807, 2.05) is 0 Å². The number of ether oxygens (including phenoxy) is 1. The van der Waals surface area contributed by atoms with Crippen LogP contribution in [-0.2, 0) is 0 Å². The molecule has 1 aliphatic rings. The molecule has 7 heteroatoms. The lowest BCUT2D eigenvalue weighted by atomic mass is 10.1. The fraction of sp³-hybridized carbons (Fsp3) is 0.615. The molecule has 1 N–H and O–H groups in total. The number of likely N-dealkylation sites (tertiary alicyclic amines) is 1. The number of rotatable bonds is 5. The summed E-state index contributed by atoms with van der Waals surface area (Å²) in [5.74, 6) is 0.674. The van der Waals surface area contributed by atoms with Gasteiger partial charge in [0.15, 0.2) is 0 Å². The monoisotopic (exact) mass is 280 g/mol. The minimum absolute atomic E-state index is 0.0104. The molecule has 0 atom stereocenters. The molecule has 0 saturated carbocycles. The van der Waals surface area contributed by atoms with E-state index in [1.54, 1.807) is 0 Å². The first-order chi connectivity index (χ1) is 9.63. The van der Waals surface area contributed by atoms with E-state index in [4.69, 9.17) is 4.74 Å². The molecule has 2 rings (SSSR count). The second kappa shape index (κ2) is 6.51. The van der Waals surface area contributed by atoms with E-state index >= 15 is 0 Å². The van der Waals surface area contributed by atoms with Gasteiger partial charge in [-0.1, -0.05) is 6.92 Å². The van der Waals surface area contributed by atoms with Gasteiger partial charge in [0.25, 0.3) is 0 Å². The molecule has 1 saturated heterocycles. The van der Waals surface area contributed by atoms with Gasteiger partial charge in [-0.05, 0) is 19.4 Å². The molecule has 1 aliphatic heterocycles. The summed E-state index contributed by atoms with van der Waals surface area (Å²) in [5.41, 5.74) is -0.0104. The molecule has 0 bridgehead atoms. The maximum atomic E-state index is 11.0. The standard InChI is InChI=1S/C13H20N4O3/c1-3-16-8-6-10(7-9-16)14-13-11(17(18)19)4-5-12(15-13)20-2/h4-5,10H,3,6-9H2,1-2H3,(H,14,15). The maximum Gasteiger partial charge on any atom is 0.311 e. The average Bonchev–Trinajstić information content (AvgIpc) is 2.47. The number of anilines is 1. The van der Waals surface area contributed by atoms with Gasteiger partial charge in [0.05, 0.1) is 12.0 Å². The lowest BCUT2D eigenvalue weighted by Crippen LogP contribution is -2.39. The largest absolute Gasteiger partial charge is 0.481 e. The van der Waals surface area contributed by atoms with Crippen LogP contribution in [0, 0.1) is 10.1 Å². The number of methoxy groups -OCH3 is 1. The Balaban J connectivity index is 2.09. The van der Waals surface area contributed by atoms with Gasteiger partial charge in [0.1, 0.15) is 0 Å². The predicted molar refractivity (Wildman–Crippen MR) is 76.2 cm³/mol. The second-order valence-electron chi connectivity index (χ2n) is 4.83. The number of aromatic nitrogens is 1. The fourth-order valence-electron chi connectivity index (χ4n) is 2.39. The summed E-state index contributed by atoms with van der Waals surface area (Å²) >= 11 is 0. The van der Waals surface area contributed by atoms with Gasteiger partial charge in [0, 0.05) is 31.3 Å². The summed E-state index contributed by atoms with van der Waals surface area (Å²) in [6.45, 7) is 5.20. The number of hydrogen-bond donors (Lipinski definition) is 1. The van der Waals surface area contributed by atoms with Crippen LogP contribution in [0.1, 0.15) is 19.8 Å². The highest BCUT2D eigenvalue weighted by atomic mass is 16.6. The summed E-state index contributed by atoms with van der Waals surface area (Å²) in [5, 5.41) is 14.2. The highest BCUT2D eigenvalue weighted by Crippen LogP contribution is 2.27. The van der Waals surface area contributed by atoms with Crippen molar-refractivity contribution < 1.29 is 9.66 Å². The average molecular weight is 280 g/mol. The van der Waals surface area contributed by atoms with E-state index in [9.17, 15) is 10.1 Å². The lowest BCUT2D eigenvalue weighted by Gasteiger charge is -2.31. The fourth-order valence-corrected chi connectivity index (χ4v) is 2.39. The van der Waals surface area contributed by atoms with E-state index in [-0.39, 0.29) is 11.7 Å². The van der Waals surface area contributed by atoms with Crippen LogP contribution in [0.4, 0.5) is 11.5 Å². The van der Waals surface area contributed by atoms with Crippen molar-refractivity contribution in [2.45, 2.75) is 25.8 Å². The zero-order chi connectivity index (χ0) is 14.5. The Bertz CT molecular complexity index is 473. The van der Waals surface area contributed by atoms with Gasteiger partial charge >= 0.3 is 5.69 Å². The van der Waals surface area contributed by atoms with Crippen molar-refractivity contribution in [2.75, 3.05) is 32.1 Å². The minimum atomic E-state index is -0.421. The Kier molecular flexibility index (Phi) is 4.73. The van der Waals surface area contributed by atoms with Crippen LogP contribution in [0.2, 0.25) is 0 Å². The Hall–Kier alpha value is -1.89. The van der Waals surface area contributed by atoms with Crippen LogP contribution in [0.15, 0.2) is 12.1 Å². The predicted octanol–water partition coefficient (Wildman–Crippen LogP) is 1.89. The first-order valence-electron chi connectivity index (χ1n) is 6.82. The van der Waals surface area contributed by atoms with Crippen LogP contribution in [0.5, 0.6) is 5.88 Å². The summed E-state index contributed by atoms with van der Waals surface area (Å²) in [6, 6.07) is 3.15. The molecular formula is C13H20N4O3. The summed E-state index contributed by atoms with van der Waals surface area (Å²) < 4.78 is 5.03. The zero-order valence-corrected chi connectivity index (χ0v) is 11.8. The van der Waals surface area contributed by atoms with Gasteiger partial charge in [-0.2, -0.15) is 4.98 Å². The molecule has 1 aromatic heterocycles. The maximum absolute atomic E-state index is 11.0. The van der Waals surface area contributed by atoms with Gasteiger partial charge < -0.3 is 15.0 Å². The van der Waals surface area contributed by atoms with Gasteiger partial charge in [-0.15, -0.1) is 0 Å². The number of nitrogens with zero attached hydrogens (tertiary/aromatic N) is 3. The molecular weight excluding hydrogens is 260 g/mol. The number of nitrogens with one attached hydrogen (secondary N) is 1. The van der Waals surface area contributed by atoms with Crippen molar-refractivity contribution in [3.63, 3.8) is 0 Å². The summed E-state index contributed by atoms with van der Waals surface area (Å²) in [7, 11) is 1.50. The minimum Gasteiger partial charge on any atom is -0.481 e. The molecule has 0 aliphatic carbocycles. The topological polar surface area (TPSA) is 80.5 Å². The van der Waals surface area contributed by atoms with Crippen LogP contribution in [0.25, 0.3) is 0 Å². The van der Waals surface area contributed by atoms with Gasteiger partial charge in [-0.25, -0.2) is 0 Å². The SMILES string of the molecule is CCN1CCC(Nc2nc(OC)ccc2[N+](=O)[O-])CC1. The van der Waals surface area contributed by atoms with E-state index < -0.39 is 4.92 Å². The Morgan fingerprint density at radius 2 is 2.20 bits per heavy atom. The van der Waals surface area contributed by atoms with Crippen molar-refractivity contribution in [3.05, 3.63) is 22.2 Å². The van der Waals surface area contributed by atoms with Crippen LogP contribution < -0.4 is 10.1 Å². The lowest BCUT2D eigenvalue weighted by molar-refractivity contribution is -0.384. The van der Waals surface area contributed by atoms with E-state index in [2.05, 4.69) is 22.1 Å². The Morgan fingerprint density at radius 3 is 2.75 bits per heavy atom. The number of pyridine rings is 1. The van der Waals surface area contributed by atoms with E-state index in [1.165, 1.54) is 19.2 Å². The zero-order valence-electron chi connectivity index (χ0n) is 11.8. The second-order valence-corrected chi connectivity index (χ2v) is 4.83. The van der Waals surface area contributed by atoms with Crippen molar-refractivity contribution >= 4 is 11.5 Å². The number of hydrogen-bond acceptors (Lipinski definition) is 6. The third-order valence-corrected chi connectivity index (χ3v) is 3.63. The van der Waals surface area contributed by atoms with Crippen LogP contribution >= 0.6 is 0 Å². The Labute approximate surface area is 118 Å². The molecule has 7 nitrogen and oxygen atoms in total. The molecule has 0 unspecified atom stereocenters. The highest BCUT2D eigenvalue weighted by Gasteiger charge is 2.23. The summed E-state index contributed by atoms with van der Waals surface area (Å²) in [4.78, 5) is 17.1. The van der Waals surface area contributed by atoms with E-state index in [0.29, 0.717) is 11.7 Å². The molecule has 110 valence electrons. The molecule has 0 amide bonds. The summed E-state index contributed by atoms with van der Waals surface area (Å²) in [6.07, 6.45) is 1.92. The number of piperidine rings is 1. The molecule has 0 spiro atoms. The van der Waals surface area contributed by atoms with Crippen molar-refractivity contribution in [3.8, 4) is 5.88 Å². The van der Waals surface area contributed by atoms with Crippen molar-refractivity contribution in [2.24, 2.45) is 0 Å². The molecule has 0 aromatic carbocycles. The third-order valence-electron chi connectivity index (χ3n) is 3.63. The van der Waals surface area contributed by atoms with Crippen LogP contribution in [0.3, 0.4) is 0 Å². The third kappa shape index (κ3) is 3.36. The molecule has 1 fully saturated rings. The van der Waals surface area contributed by atoms with Crippen molar-refractivity contribution in [1.29, 1.82) is 0 Å². The molecule has 20 heavy (non-hydrogen) atoms. The highest BCUT2D eigenvalue weighted by molar-refractivity contribution is 5.57. The van der Waals surface area contributed by atoms with E-state index in [0.717, 1.165) is 32.5 Å². The number of nitro groups is 1. The van der Waals surface area contributed by atoms with Crippen molar-refractivity contribution in [1.82, 2.24) is 9.88 Å². The quantitative estimate of drug-likeness (QED) is 0.655. The Morgan fingerprint density at radius 1 is 1.50 bits per heavy atom. The van der Waals surface area contributed by atoms with Gasteiger partial charge in [-0.3, -0.25) is 10.1 Å². The van der Waals surface area contributed by atoms with Gasteiger partial charge in [0.2, 0.25) is 11.7 Å².